The van der Waals surface area contributed by atoms with Crippen LogP contribution in [-0.2, 0) is 9.59 Å². The summed E-state index contributed by atoms with van der Waals surface area (Å²) >= 11 is 10.9. The minimum Gasteiger partial charge on any atom is -0.457 e. The van der Waals surface area contributed by atoms with Crippen LogP contribution in [0.4, 0.5) is 0 Å². The monoisotopic (exact) mass is 398 g/mol. The molecule has 1 fully saturated rings. The van der Waals surface area contributed by atoms with Crippen LogP contribution in [0.15, 0.2) is 66.8 Å². The maximum Gasteiger partial charge on any atom is 0.265 e. The second kappa shape index (κ2) is 8.16. The van der Waals surface area contributed by atoms with Gasteiger partial charge in [0.25, 0.3) is 11.8 Å². The molecule has 1 saturated heterocycles. The average Bonchev–Trinajstić information content (AvgIpc) is 2.65. The Morgan fingerprint density at radius 3 is 2.26 bits per heavy atom. The number of amides is 2. The van der Waals surface area contributed by atoms with E-state index in [4.69, 9.17) is 28.6 Å². The number of benzene rings is 2. The molecule has 0 aliphatic carbocycles. The van der Waals surface area contributed by atoms with Crippen molar-refractivity contribution in [2.45, 2.75) is 0 Å². The van der Waals surface area contributed by atoms with Crippen molar-refractivity contribution in [2.24, 2.45) is 0 Å². The fourth-order valence-electron chi connectivity index (χ4n) is 2.43. The van der Waals surface area contributed by atoms with Crippen LogP contribution in [0.1, 0.15) is 5.56 Å². The summed E-state index contributed by atoms with van der Waals surface area (Å²) in [5.41, 5.74) is 0.695. The highest BCUT2D eigenvalue weighted by Crippen LogP contribution is 2.24. The molecule has 7 heteroatoms. The maximum atomic E-state index is 12.5. The van der Waals surface area contributed by atoms with Gasteiger partial charge in [0, 0.05) is 11.6 Å². The lowest BCUT2D eigenvalue weighted by Gasteiger charge is -2.27. The third-order valence-electron chi connectivity index (χ3n) is 3.74. The Kier molecular flexibility index (Phi) is 5.69. The van der Waals surface area contributed by atoms with Gasteiger partial charge in [-0.2, -0.15) is 0 Å². The first-order valence-electron chi connectivity index (χ1n) is 8.01. The summed E-state index contributed by atoms with van der Waals surface area (Å²) in [5.74, 6) is 0.297. The summed E-state index contributed by atoms with van der Waals surface area (Å²) < 4.78 is 5.72. The lowest BCUT2D eigenvalue weighted by Crippen LogP contribution is -2.53. The van der Waals surface area contributed by atoms with E-state index in [0.29, 0.717) is 22.1 Å². The van der Waals surface area contributed by atoms with Crippen molar-refractivity contribution in [1.82, 2.24) is 10.2 Å². The zero-order chi connectivity index (χ0) is 19.4. The van der Waals surface area contributed by atoms with Gasteiger partial charge in [-0.1, -0.05) is 29.8 Å². The summed E-state index contributed by atoms with van der Waals surface area (Å²) in [6, 6.07) is 14.0. The number of carbonyl (C=O) groups is 2. The van der Waals surface area contributed by atoms with Crippen LogP contribution >= 0.6 is 23.8 Å². The number of carbonyl (C=O) groups excluding carboxylic acids is 2. The van der Waals surface area contributed by atoms with Gasteiger partial charge in [0.15, 0.2) is 5.11 Å². The number of hydrogen-bond donors (Lipinski definition) is 1. The average molecular weight is 399 g/mol. The quantitative estimate of drug-likeness (QED) is 0.358. The summed E-state index contributed by atoms with van der Waals surface area (Å²) in [6.07, 6.45) is 3.06. The van der Waals surface area contributed by atoms with Crippen molar-refractivity contribution in [3.05, 3.63) is 77.3 Å². The molecule has 3 rings (SSSR count). The van der Waals surface area contributed by atoms with Crippen LogP contribution in [0.2, 0.25) is 5.02 Å². The molecular weight excluding hydrogens is 384 g/mol. The van der Waals surface area contributed by atoms with Crippen molar-refractivity contribution in [1.29, 1.82) is 0 Å². The molecule has 27 heavy (non-hydrogen) atoms. The van der Waals surface area contributed by atoms with E-state index >= 15 is 0 Å². The van der Waals surface area contributed by atoms with E-state index in [1.54, 1.807) is 54.6 Å². The van der Waals surface area contributed by atoms with Gasteiger partial charge < -0.3 is 4.74 Å². The summed E-state index contributed by atoms with van der Waals surface area (Å²) in [5, 5.41) is 3.22. The first-order valence-corrected chi connectivity index (χ1v) is 8.80. The number of rotatable bonds is 5. The van der Waals surface area contributed by atoms with Crippen LogP contribution in [0, 0.1) is 0 Å². The van der Waals surface area contributed by atoms with Crippen molar-refractivity contribution >= 4 is 46.8 Å². The molecule has 2 amide bonds. The van der Waals surface area contributed by atoms with Gasteiger partial charge in [0.05, 0.1) is 0 Å². The summed E-state index contributed by atoms with van der Waals surface area (Å²) in [7, 11) is 0. The molecule has 1 N–H and O–H groups in total. The van der Waals surface area contributed by atoms with Gasteiger partial charge in [0.1, 0.15) is 17.1 Å². The molecule has 136 valence electrons. The van der Waals surface area contributed by atoms with Crippen LogP contribution in [0.25, 0.3) is 6.08 Å². The van der Waals surface area contributed by atoms with Gasteiger partial charge in [-0.05, 0) is 60.3 Å². The van der Waals surface area contributed by atoms with Crippen LogP contribution in [0.3, 0.4) is 0 Å². The van der Waals surface area contributed by atoms with E-state index in [1.165, 1.54) is 11.0 Å². The Labute approximate surface area is 166 Å². The Balaban J connectivity index is 1.78. The first-order chi connectivity index (χ1) is 13.0. The Hall–Kier alpha value is -2.96. The molecule has 0 unspecified atom stereocenters. The number of ether oxygens (including phenoxy) is 1. The molecule has 0 atom stereocenters. The van der Waals surface area contributed by atoms with E-state index < -0.39 is 11.8 Å². The van der Waals surface area contributed by atoms with Crippen LogP contribution in [-0.4, -0.2) is 28.4 Å². The minimum atomic E-state index is -0.521. The highest BCUT2D eigenvalue weighted by Gasteiger charge is 2.32. The Bertz CT molecular complexity index is 937. The second-order valence-electron chi connectivity index (χ2n) is 5.65. The van der Waals surface area contributed by atoms with Crippen molar-refractivity contribution in [3.63, 3.8) is 0 Å². The molecule has 0 spiro atoms. The molecule has 0 aromatic heterocycles. The molecule has 1 heterocycles. The number of thiocarbonyl (C=S) groups is 1. The molecule has 5 nitrogen and oxygen atoms in total. The molecule has 0 saturated carbocycles. The zero-order valence-corrected chi connectivity index (χ0v) is 15.7. The lowest BCUT2D eigenvalue weighted by molar-refractivity contribution is -0.128. The zero-order valence-electron chi connectivity index (χ0n) is 14.1. The summed E-state index contributed by atoms with van der Waals surface area (Å²) in [6.45, 7) is 3.82. The predicted octanol–water partition coefficient (Wildman–Crippen LogP) is 3.95. The van der Waals surface area contributed by atoms with Crippen molar-refractivity contribution in [3.8, 4) is 11.5 Å². The fraction of sp³-hybridized carbons (Fsp3) is 0.0500. The number of nitrogens with one attached hydrogen (secondary N) is 1. The van der Waals surface area contributed by atoms with Gasteiger partial charge >= 0.3 is 0 Å². The van der Waals surface area contributed by atoms with E-state index in [2.05, 4.69) is 11.9 Å². The standard InChI is InChI=1S/C20H15ClN2O3S/c1-2-11-23-19(25)17(18(24)22-20(23)27)12-13-3-7-15(8-4-13)26-16-9-5-14(21)6-10-16/h2-10,12H,1,11H2,(H,22,24,27). The highest BCUT2D eigenvalue weighted by molar-refractivity contribution is 7.80. The third-order valence-corrected chi connectivity index (χ3v) is 4.31. The highest BCUT2D eigenvalue weighted by atomic mass is 35.5. The Morgan fingerprint density at radius 1 is 1.07 bits per heavy atom. The molecular formula is C20H15ClN2O3S. The molecule has 0 radical (unpaired) electrons. The number of nitrogens with zero attached hydrogens (tertiary/aromatic N) is 1. The number of halogens is 1. The molecule has 1 aliphatic heterocycles. The molecule has 1 aliphatic rings. The van der Waals surface area contributed by atoms with Crippen molar-refractivity contribution < 1.29 is 14.3 Å². The maximum absolute atomic E-state index is 12.5. The van der Waals surface area contributed by atoms with Gasteiger partial charge in [-0.25, -0.2) is 0 Å². The topological polar surface area (TPSA) is 58.6 Å². The number of hydrogen-bond acceptors (Lipinski definition) is 4. The minimum absolute atomic E-state index is 0.0109. The fourth-order valence-corrected chi connectivity index (χ4v) is 2.80. The lowest BCUT2D eigenvalue weighted by atomic mass is 10.1. The Morgan fingerprint density at radius 2 is 1.67 bits per heavy atom. The molecule has 0 bridgehead atoms. The molecule has 2 aromatic carbocycles. The van der Waals surface area contributed by atoms with E-state index in [9.17, 15) is 9.59 Å². The van der Waals surface area contributed by atoms with E-state index in [1.807, 2.05) is 0 Å². The third kappa shape index (κ3) is 4.42. The van der Waals surface area contributed by atoms with E-state index in [0.717, 1.165) is 0 Å². The van der Waals surface area contributed by atoms with E-state index in [-0.39, 0.29) is 17.2 Å². The predicted molar refractivity (Wildman–Crippen MR) is 109 cm³/mol. The first kappa shape index (κ1) is 18.8. The second-order valence-corrected chi connectivity index (χ2v) is 6.47. The SMILES string of the molecule is C=CCN1C(=O)C(=Cc2ccc(Oc3ccc(Cl)cc3)cc2)C(=O)NC1=S. The van der Waals surface area contributed by atoms with Crippen molar-refractivity contribution in [2.75, 3.05) is 6.54 Å². The summed E-state index contributed by atoms with van der Waals surface area (Å²) in [4.78, 5) is 25.9. The normalized spacial score (nSPS) is 15.7. The van der Waals surface area contributed by atoms with Crippen LogP contribution in [0.5, 0.6) is 11.5 Å². The van der Waals surface area contributed by atoms with Gasteiger partial charge in [-0.3, -0.25) is 19.8 Å². The van der Waals surface area contributed by atoms with Gasteiger partial charge in [-0.15, -0.1) is 6.58 Å². The van der Waals surface area contributed by atoms with Crippen LogP contribution < -0.4 is 10.1 Å². The smallest absolute Gasteiger partial charge is 0.265 e. The molecule has 2 aromatic rings. The largest absolute Gasteiger partial charge is 0.457 e. The van der Waals surface area contributed by atoms with Gasteiger partial charge in [0.2, 0.25) is 0 Å².